The molecule has 18 heavy (non-hydrogen) atoms. The van der Waals surface area contributed by atoms with Gasteiger partial charge in [-0.1, -0.05) is 26.0 Å². The number of hydrogen-bond donors (Lipinski definition) is 3. The minimum absolute atomic E-state index is 0.123. The van der Waals surface area contributed by atoms with E-state index in [1.165, 1.54) is 5.56 Å². The van der Waals surface area contributed by atoms with E-state index in [0.717, 1.165) is 0 Å². The standard InChI is InChI=1S/C12H18N4O2/c1-8(2)9-3-5-10(6-4-9)16-12(14)18-11(13)15-7-17/h3-6,8,17H,7H2,1-2H3,(H2,13,15)(H2,14,16). The van der Waals surface area contributed by atoms with Gasteiger partial charge in [0.2, 0.25) is 0 Å². The molecule has 1 aromatic rings. The monoisotopic (exact) mass is 250 g/mol. The number of amidine groups is 2. The van der Waals surface area contributed by atoms with Gasteiger partial charge in [0.15, 0.2) is 0 Å². The molecule has 0 spiro atoms. The van der Waals surface area contributed by atoms with Crippen molar-refractivity contribution in [3.8, 4) is 0 Å². The third-order valence-corrected chi connectivity index (χ3v) is 2.23. The summed E-state index contributed by atoms with van der Waals surface area (Å²) in [5.41, 5.74) is 12.7. The first-order valence-electron chi connectivity index (χ1n) is 5.55. The number of nitrogens with zero attached hydrogens (tertiary/aromatic N) is 2. The first-order valence-corrected chi connectivity index (χ1v) is 5.55. The van der Waals surface area contributed by atoms with Crippen LogP contribution in [0.2, 0.25) is 0 Å². The van der Waals surface area contributed by atoms with Gasteiger partial charge in [-0.05, 0) is 23.6 Å². The molecule has 0 aromatic heterocycles. The van der Waals surface area contributed by atoms with Crippen molar-refractivity contribution in [1.82, 2.24) is 0 Å². The van der Waals surface area contributed by atoms with Crippen molar-refractivity contribution in [3.63, 3.8) is 0 Å². The number of hydrogen-bond acceptors (Lipinski definition) is 4. The van der Waals surface area contributed by atoms with Crippen molar-refractivity contribution < 1.29 is 9.84 Å². The van der Waals surface area contributed by atoms with Crippen LogP contribution in [-0.2, 0) is 4.74 Å². The van der Waals surface area contributed by atoms with Gasteiger partial charge in [-0.3, -0.25) is 0 Å². The SMILES string of the molecule is CC(C)c1ccc(N=C(N)O/C(N)=N/CO)cc1. The average Bonchev–Trinajstić information content (AvgIpc) is 2.29. The zero-order valence-corrected chi connectivity index (χ0v) is 10.5. The van der Waals surface area contributed by atoms with E-state index in [9.17, 15) is 0 Å². The Kier molecular flexibility index (Phi) is 5.13. The minimum Gasteiger partial charge on any atom is -0.392 e. The van der Waals surface area contributed by atoms with E-state index in [0.29, 0.717) is 11.6 Å². The lowest BCUT2D eigenvalue weighted by molar-refractivity contribution is 0.305. The Labute approximate surface area is 106 Å². The van der Waals surface area contributed by atoms with Crippen LogP contribution in [0.5, 0.6) is 0 Å². The molecular weight excluding hydrogens is 232 g/mol. The second kappa shape index (κ2) is 6.61. The van der Waals surface area contributed by atoms with E-state index in [2.05, 4.69) is 23.8 Å². The maximum absolute atomic E-state index is 8.49. The highest BCUT2D eigenvalue weighted by atomic mass is 16.5. The van der Waals surface area contributed by atoms with E-state index in [-0.39, 0.29) is 12.0 Å². The number of rotatable bonds is 3. The van der Waals surface area contributed by atoms with Crippen LogP contribution in [0.1, 0.15) is 25.3 Å². The second-order valence-corrected chi connectivity index (χ2v) is 3.94. The molecule has 1 aromatic carbocycles. The van der Waals surface area contributed by atoms with Crippen molar-refractivity contribution in [1.29, 1.82) is 0 Å². The molecule has 0 aliphatic heterocycles. The van der Waals surface area contributed by atoms with Crippen molar-refractivity contribution in [2.24, 2.45) is 21.5 Å². The van der Waals surface area contributed by atoms with Gasteiger partial charge in [-0.25, -0.2) is 4.99 Å². The number of ether oxygens (including phenoxy) is 1. The van der Waals surface area contributed by atoms with Gasteiger partial charge >= 0.3 is 0 Å². The van der Waals surface area contributed by atoms with Gasteiger partial charge in [0.1, 0.15) is 6.73 Å². The van der Waals surface area contributed by atoms with Crippen LogP contribution >= 0.6 is 0 Å². The Morgan fingerprint density at radius 1 is 1.22 bits per heavy atom. The van der Waals surface area contributed by atoms with E-state index in [4.69, 9.17) is 21.3 Å². The molecule has 0 aliphatic rings. The summed E-state index contributed by atoms with van der Waals surface area (Å²) in [6.07, 6.45) is 0. The van der Waals surface area contributed by atoms with Crippen LogP contribution in [0.25, 0.3) is 0 Å². The predicted molar refractivity (Wildman–Crippen MR) is 71.6 cm³/mol. The van der Waals surface area contributed by atoms with Crippen molar-refractivity contribution in [2.45, 2.75) is 19.8 Å². The summed E-state index contributed by atoms with van der Waals surface area (Å²) in [6.45, 7) is 3.77. The zero-order chi connectivity index (χ0) is 13.5. The lowest BCUT2D eigenvalue weighted by Gasteiger charge is -2.05. The van der Waals surface area contributed by atoms with Crippen molar-refractivity contribution in [3.05, 3.63) is 29.8 Å². The molecular formula is C12H18N4O2. The molecule has 0 heterocycles. The van der Waals surface area contributed by atoms with Crippen LogP contribution in [0.4, 0.5) is 5.69 Å². The molecule has 0 atom stereocenters. The number of nitrogens with two attached hydrogens (primary N) is 2. The first-order chi connectivity index (χ1) is 8.52. The van der Waals surface area contributed by atoms with Gasteiger partial charge < -0.3 is 21.3 Å². The molecule has 1 rings (SSSR count). The number of aliphatic hydroxyl groups is 1. The van der Waals surface area contributed by atoms with Gasteiger partial charge in [0.25, 0.3) is 12.0 Å². The Hall–Kier alpha value is -2.08. The second-order valence-electron chi connectivity index (χ2n) is 3.94. The van der Waals surface area contributed by atoms with Gasteiger partial charge in [-0.2, -0.15) is 4.99 Å². The molecule has 0 unspecified atom stereocenters. The van der Waals surface area contributed by atoms with Crippen LogP contribution in [0.15, 0.2) is 34.3 Å². The van der Waals surface area contributed by atoms with Crippen molar-refractivity contribution >= 4 is 17.7 Å². The van der Waals surface area contributed by atoms with Crippen molar-refractivity contribution in [2.75, 3.05) is 6.73 Å². The highest BCUT2D eigenvalue weighted by molar-refractivity contribution is 5.88. The van der Waals surface area contributed by atoms with Gasteiger partial charge in [-0.15, -0.1) is 0 Å². The highest BCUT2D eigenvalue weighted by Gasteiger charge is 2.01. The predicted octanol–water partition coefficient (Wildman–Crippen LogP) is 1.04. The summed E-state index contributed by atoms with van der Waals surface area (Å²) >= 11 is 0. The Bertz CT molecular complexity index is 438. The molecule has 0 amide bonds. The molecule has 0 bridgehead atoms. The number of aliphatic imine (C=N–C) groups is 2. The third-order valence-electron chi connectivity index (χ3n) is 2.23. The first kappa shape index (κ1) is 14.0. The molecule has 0 saturated heterocycles. The smallest absolute Gasteiger partial charge is 0.295 e. The fourth-order valence-corrected chi connectivity index (χ4v) is 1.29. The Balaban J connectivity index is 2.73. The molecule has 0 fully saturated rings. The molecule has 98 valence electrons. The Morgan fingerprint density at radius 2 is 1.83 bits per heavy atom. The number of benzene rings is 1. The zero-order valence-electron chi connectivity index (χ0n) is 10.5. The summed E-state index contributed by atoms with van der Waals surface area (Å²) in [6, 6.07) is 7.28. The van der Waals surface area contributed by atoms with E-state index in [1.807, 2.05) is 24.3 Å². The summed E-state index contributed by atoms with van der Waals surface area (Å²) in [4.78, 5) is 7.42. The molecule has 0 saturated carbocycles. The van der Waals surface area contributed by atoms with Crippen LogP contribution in [-0.4, -0.2) is 23.9 Å². The lowest BCUT2D eigenvalue weighted by Crippen LogP contribution is -2.26. The molecule has 0 radical (unpaired) electrons. The molecule has 5 N–H and O–H groups in total. The third kappa shape index (κ3) is 4.42. The largest absolute Gasteiger partial charge is 0.392 e. The fraction of sp³-hybridized carbons (Fsp3) is 0.333. The normalized spacial score (nSPS) is 12.9. The lowest BCUT2D eigenvalue weighted by atomic mass is 10.0. The average molecular weight is 250 g/mol. The van der Waals surface area contributed by atoms with E-state index < -0.39 is 6.73 Å². The molecule has 6 nitrogen and oxygen atoms in total. The van der Waals surface area contributed by atoms with Crippen LogP contribution in [0.3, 0.4) is 0 Å². The maximum atomic E-state index is 8.49. The number of aliphatic hydroxyl groups excluding tert-OH is 1. The summed E-state index contributed by atoms with van der Waals surface area (Å²) < 4.78 is 4.87. The molecule has 6 heteroatoms. The summed E-state index contributed by atoms with van der Waals surface area (Å²) in [7, 11) is 0. The maximum Gasteiger partial charge on any atom is 0.295 e. The highest BCUT2D eigenvalue weighted by Crippen LogP contribution is 2.18. The summed E-state index contributed by atoms with van der Waals surface area (Å²) in [5.74, 6) is 0.462. The topological polar surface area (TPSA) is 106 Å². The quantitative estimate of drug-likeness (QED) is 0.550. The minimum atomic E-state index is -0.456. The van der Waals surface area contributed by atoms with Crippen LogP contribution in [0, 0.1) is 0 Å². The fourth-order valence-electron chi connectivity index (χ4n) is 1.29. The Morgan fingerprint density at radius 3 is 2.33 bits per heavy atom. The van der Waals surface area contributed by atoms with Crippen LogP contribution < -0.4 is 11.5 Å². The van der Waals surface area contributed by atoms with E-state index in [1.54, 1.807) is 0 Å². The van der Waals surface area contributed by atoms with Gasteiger partial charge in [0.05, 0.1) is 5.69 Å². The van der Waals surface area contributed by atoms with E-state index >= 15 is 0 Å². The van der Waals surface area contributed by atoms with Gasteiger partial charge in [0, 0.05) is 0 Å². The summed E-state index contributed by atoms with van der Waals surface area (Å²) in [5, 5.41) is 8.49. The molecule has 0 aliphatic carbocycles.